The van der Waals surface area contributed by atoms with Crippen LogP contribution in [0.25, 0.3) is 0 Å². The fraction of sp³-hybridized carbons (Fsp3) is 0.133. The standard InChI is InChI=1S/C15H13N5O3S/c1-8-4-2-3-5-9(8)6-12-19-20-15(24-12)18-13(22)10-7-11(21)17-14(23)16-10/h2-5,7H,6H2,1H3,(H,18,20,22)(H2,16,17,21,23). The molecule has 0 atom stereocenters. The number of aromatic amines is 2. The van der Waals surface area contributed by atoms with E-state index in [1.807, 2.05) is 36.2 Å². The van der Waals surface area contributed by atoms with Crippen LogP contribution < -0.4 is 16.6 Å². The van der Waals surface area contributed by atoms with Gasteiger partial charge in [0.05, 0.1) is 0 Å². The van der Waals surface area contributed by atoms with Crippen molar-refractivity contribution >= 4 is 22.4 Å². The number of amides is 1. The maximum absolute atomic E-state index is 12.0. The molecule has 3 N–H and O–H groups in total. The van der Waals surface area contributed by atoms with Crippen molar-refractivity contribution in [3.05, 3.63) is 73.0 Å². The van der Waals surface area contributed by atoms with Crippen LogP contribution in [-0.4, -0.2) is 26.1 Å². The van der Waals surface area contributed by atoms with Gasteiger partial charge in [0.25, 0.3) is 11.5 Å². The van der Waals surface area contributed by atoms with E-state index in [1.165, 1.54) is 11.3 Å². The Labute approximate surface area is 139 Å². The Bertz CT molecular complexity index is 976. The van der Waals surface area contributed by atoms with Crippen LogP contribution in [0.15, 0.2) is 39.9 Å². The number of benzene rings is 1. The third-order valence-electron chi connectivity index (χ3n) is 3.30. The van der Waals surface area contributed by atoms with Crippen LogP contribution in [0.1, 0.15) is 26.6 Å². The number of anilines is 1. The van der Waals surface area contributed by atoms with Crippen molar-refractivity contribution in [3.63, 3.8) is 0 Å². The zero-order chi connectivity index (χ0) is 17.1. The van der Waals surface area contributed by atoms with E-state index in [4.69, 9.17) is 0 Å². The number of hydrogen-bond donors (Lipinski definition) is 3. The van der Waals surface area contributed by atoms with Gasteiger partial charge in [0, 0.05) is 12.5 Å². The van der Waals surface area contributed by atoms with E-state index in [0.717, 1.165) is 22.2 Å². The molecule has 0 aliphatic heterocycles. The zero-order valence-electron chi connectivity index (χ0n) is 12.6. The number of carbonyl (C=O) groups is 1. The minimum absolute atomic E-state index is 0.139. The predicted octanol–water partition coefficient (Wildman–Crippen LogP) is 1.07. The molecule has 0 radical (unpaired) electrons. The number of H-pyrrole nitrogens is 2. The lowest BCUT2D eigenvalue weighted by Crippen LogP contribution is -2.27. The molecule has 0 saturated heterocycles. The summed E-state index contributed by atoms with van der Waals surface area (Å²) >= 11 is 1.24. The average molecular weight is 343 g/mol. The molecule has 9 heteroatoms. The van der Waals surface area contributed by atoms with Crippen LogP contribution in [-0.2, 0) is 6.42 Å². The van der Waals surface area contributed by atoms with Gasteiger partial charge < -0.3 is 4.98 Å². The number of hydrogen-bond acceptors (Lipinski definition) is 6. The Morgan fingerprint density at radius 1 is 1.21 bits per heavy atom. The van der Waals surface area contributed by atoms with Gasteiger partial charge in [-0.05, 0) is 18.1 Å². The summed E-state index contributed by atoms with van der Waals surface area (Å²) in [5.74, 6) is -0.628. The van der Waals surface area contributed by atoms with Gasteiger partial charge in [-0.2, -0.15) is 0 Å². The summed E-state index contributed by atoms with van der Waals surface area (Å²) in [6.07, 6.45) is 0.613. The first-order valence-corrected chi connectivity index (χ1v) is 7.85. The highest BCUT2D eigenvalue weighted by Gasteiger charge is 2.12. The van der Waals surface area contributed by atoms with Crippen LogP contribution in [0.2, 0.25) is 0 Å². The summed E-state index contributed by atoms with van der Waals surface area (Å²) in [7, 11) is 0. The van der Waals surface area contributed by atoms with Crippen molar-refractivity contribution in [2.24, 2.45) is 0 Å². The van der Waals surface area contributed by atoms with E-state index >= 15 is 0 Å². The number of nitrogens with one attached hydrogen (secondary N) is 3. The predicted molar refractivity (Wildman–Crippen MR) is 89.5 cm³/mol. The molecule has 0 aliphatic carbocycles. The van der Waals surface area contributed by atoms with Crippen molar-refractivity contribution in [2.75, 3.05) is 5.32 Å². The quantitative estimate of drug-likeness (QED) is 0.654. The lowest BCUT2D eigenvalue weighted by atomic mass is 10.1. The Morgan fingerprint density at radius 3 is 2.75 bits per heavy atom. The summed E-state index contributed by atoms with van der Waals surface area (Å²) in [4.78, 5) is 38.7. The van der Waals surface area contributed by atoms with Crippen LogP contribution in [0.3, 0.4) is 0 Å². The van der Waals surface area contributed by atoms with Gasteiger partial charge in [-0.25, -0.2) is 4.79 Å². The normalized spacial score (nSPS) is 10.5. The van der Waals surface area contributed by atoms with Gasteiger partial charge in [0.15, 0.2) is 0 Å². The van der Waals surface area contributed by atoms with Gasteiger partial charge in [0.1, 0.15) is 10.7 Å². The molecule has 2 heterocycles. The monoisotopic (exact) mass is 343 g/mol. The molecule has 0 spiro atoms. The molecule has 1 amide bonds. The smallest absolute Gasteiger partial charge is 0.303 e. The number of nitrogens with zero attached hydrogens (tertiary/aromatic N) is 2. The molecule has 24 heavy (non-hydrogen) atoms. The van der Waals surface area contributed by atoms with Crippen molar-refractivity contribution < 1.29 is 4.79 Å². The molecule has 2 aromatic heterocycles. The summed E-state index contributed by atoms with van der Waals surface area (Å²) in [5, 5.41) is 11.5. The topological polar surface area (TPSA) is 121 Å². The fourth-order valence-electron chi connectivity index (χ4n) is 2.10. The van der Waals surface area contributed by atoms with Gasteiger partial charge in [-0.3, -0.25) is 19.9 Å². The van der Waals surface area contributed by atoms with Crippen LogP contribution in [0, 0.1) is 6.92 Å². The van der Waals surface area contributed by atoms with Gasteiger partial charge in [0.2, 0.25) is 5.13 Å². The molecular weight excluding hydrogens is 330 g/mol. The minimum atomic E-state index is -0.745. The molecule has 0 unspecified atom stereocenters. The fourth-order valence-corrected chi connectivity index (χ4v) is 2.86. The van der Waals surface area contributed by atoms with E-state index in [0.29, 0.717) is 11.6 Å². The molecule has 0 saturated carbocycles. The third-order valence-corrected chi connectivity index (χ3v) is 4.13. The highest BCUT2D eigenvalue weighted by molar-refractivity contribution is 7.15. The molecule has 3 aromatic rings. The van der Waals surface area contributed by atoms with Crippen LogP contribution in [0.5, 0.6) is 0 Å². The second kappa shape index (κ2) is 6.59. The summed E-state index contributed by atoms with van der Waals surface area (Å²) in [6.45, 7) is 2.02. The lowest BCUT2D eigenvalue weighted by molar-refractivity contribution is 0.102. The largest absolute Gasteiger partial charge is 0.326 e. The molecule has 122 valence electrons. The minimum Gasteiger partial charge on any atom is -0.303 e. The summed E-state index contributed by atoms with van der Waals surface area (Å²) < 4.78 is 0. The van der Waals surface area contributed by atoms with Crippen molar-refractivity contribution in [3.8, 4) is 0 Å². The second-order valence-electron chi connectivity index (χ2n) is 5.06. The first-order valence-electron chi connectivity index (χ1n) is 7.03. The van der Waals surface area contributed by atoms with E-state index in [1.54, 1.807) is 0 Å². The van der Waals surface area contributed by atoms with E-state index in [9.17, 15) is 14.4 Å². The maximum Gasteiger partial charge on any atom is 0.326 e. The molecule has 8 nitrogen and oxygen atoms in total. The van der Waals surface area contributed by atoms with Gasteiger partial charge in [-0.1, -0.05) is 35.6 Å². The maximum atomic E-state index is 12.0. The third kappa shape index (κ3) is 3.63. The van der Waals surface area contributed by atoms with Crippen molar-refractivity contribution in [2.45, 2.75) is 13.3 Å². The van der Waals surface area contributed by atoms with E-state index in [-0.39, 0.29) is 5.69 Å². The average Bonchev–Trinajstić information content (AvgIpc) is 2.96. The molecule has 0 aliphatic rings. The SMILES string of the molecule is Cc1ccccc1Cc1nnc(NC(=O)c2cc(=O)[nH]c(=O)[nH]2)s1. The molecule has 1 aromatic carbocycles. The van der Waals surface area contributed by atoms with Crippen molar-refractivity contribution in [1.29, 1.82) is 0 Å². The molecule has 0 bridgehead atoms. The van der Waals surface area contributed by atoms with E-state index in [2.05, 4.69) is 20.5 Å². The van der Waals surface area contributed by atoms with E-state index < -0.39 is 17.2 Å². The van der Waals surface area contributed by atoms with Crippen LogP contribution in [0.4, 0.5) is 5.13 Å². The lowest BCUT2D eigenvalue weighted by Gasteiger charge is -2.01. The van der Waals surface area contributed by atoms with Crippen molar-refractivity contribution in [1.82, 2.24) is 20.2 Å². The summed E-state index contributed by atoms with van der Waals surface area (Å²) in [6, 6.07) is 8.95. The first-order chi connectivity index (χ1) is 11.5. The molecule has 3 rings (SSSR count). The molecular formula is C15H13N5O3S. The first kappa shape index (κ1) is 15.8. The number of aromatic nitrogens is 4. The number of rotatable bonds is 4. The van der Waals surface area contributed by atoms with Gasteiger partial charge >= 0.3 is 5.69 Å². The van der Waals surface area contributed by atoms with Crippen LogP contribution >= 0.6 is 11.3 Å². The Balaban J connectivity index is 1.74. The van der Waals surface area contributed by atoms with Gasteiger partial charge in [-0.15, -0.1) is 10.2 Å². The zero-order valence-corrected chi connectivity index (χ0v) is 13.4. The Morgan fingerprint density at radius 2 is 2.00 bits per heavy atom. The molecule has 0 fully saturated rings. The Kier molecular flexibility index (Phi) is 4.34. The highest BCUT2D eigenvalue weighted by atomic mass is 32.1. The number of aryl methyl sites for hydroxylation is 1. The highest BCUT2D eigenvalue weighted by Crippen LogP contribution is 2.20. The Hall–Kier alpha value is -3.07. The second-order valence-corrected chi connectivity index (χ2v) is 6.12. The number of carbonyl (C=O) groups excluding carboxylic acids is 1. The summed E-state index contributed by atoms with van der Waals surface area (Å²) in [5.41, 5.74) is 0.746.